The highest BCUT2D eigenvalue weighted by Crippen LogP contribution is 2.28. The highest BCUT2D eigenvalue weighted by atomic mass is 16.6. The molecule has 1 fully saturated rings. The van der Waals surface area contributed by atoms with Gasteiger partial charge in [0.15, 0.2) is 6.10 Å². The minimum Gasteiger partial charge on any atom is -0.463 e. The zero-order valence-corrected chi connectivity index (χ0v) is 5.86. The minimum absolute atomic E-state index is 0.125. The maximum absolute atomic E-state index is 10.6. The summed E-state index contributed by atoms with van der Waals surface area (Å²) in [6.07, 6.45) is -1.41. The molecule has 1 unspecified atom stereocenters. The quantitative estimate of drug-likeness (QED) is 0.404. The van der Waals surface area contributed by atoms with E-state index in [-0.39, 0.29) is 6.61 Å². The number of rotatable bonds is 2. The molecule has 1 atom stereocenters. The first-order chi connectivity index (χ1) is 5.16. The van der Waals surface area contributed by atoms with Gasteiger partial charge in [-0.15, -0.1) is 0 Å². The van der Waals surface area contributed by atoms with Crippen LogP contribution in [0.25, 0.3) is 0 Å². The van der Waals surface area contributed by atoms with Crippen LogP contribution in [0.1, 0.15) is 0 Å². The van der Waals surface area contributed by atoms with Gasteiger partial charge in [-0.1, -0.05) is 0 Å². The van der Waals surface area contributed by atoms with Crippen molar-refractivity contribution < 1.29 is 24.9 Å². The summed E-state index contributed by atoms with van der Waals surface area (Å²) < 4.78 is 4.45. The largest absolute Gasteiger partial charge is 0.463 e. The zero-order chi connectivity index (χ0) is 8.48. The number of carbonyl (C=O) groups is 1. The maximum Gasteiger partial charge on any atom is 0.335 e. The van der Waals surface area contributed by atoms with Gasteiger partial charge < -0.3 is 20.1 Å². The molecule has 3 N–H and O–H groups in total. The molecular weight excluding hydrogens is 152 g/mol. The lowest BCUT2D eigenvalue weighted by molar-refractivity contribution is -0.145. The van der Waals surface area contributed by atoms with Crippen molar-refractivity contribution in [2.45, 2.75) is 6.10 Å². The van der Waals surface area contributed by atoms with E-state index in [2.05, 4.69) is 4.74 Å². The summed E-state index contributed by atoms with van der Waals surface area (Å²) in [5.74, 6) is -0.784. The molecule has 0 aliphatic carbocycles. The maximum atomic E-state index is 10.6. The van der Waals surface area contributed by atoms with Crippen molar-refractivity contribution in [3.63, 3.8) is 0 Å². The van der Waals surface area contributed by atoms with Crippen LogP contribution in [-0.4, -0.2) is 47.2 Å². The summed E-state index contributed by atoms with van der Waals surface area (Å²) in [4.78, 5) is 10.6. The number of cyclic esters (lactones) is 1. The number of aliphatic hydroxyl groups excluding tert-OH is 3. The highest BCUT2D eigenvalue weighted by molar-refractivity contribution is 5.77. The van der Waals surface area contributed by atoms with Crippen LogP contribution in [0.4, 0.5) is 0 Å². The molecule has 0 saturated carbocycles. The van der Waals surface area contributed by atoms with Crippen LogP contribution in [0.15, 0.2) is 0 Å². The van der Waals surface area contributed by atoms with Gasteiger partial charge in [0, 0.05) is 0 Å². The third-order valence-corrected chi connectivity index (χ3v) is 1.93. The SMILES string of the molecule is O=C1OCC(CO)(CO)C1O. The van der Waals surface area contributed by atoms with Gasteiger partial charge in [-0.3, -0.25) is 0 Å². The second kappa shape index (κ2) is 2.77. The molecule has 0 aromatic rings. The van der Waals surface area contributed by atoms with Crippen molar-refractivity contribution in [2.75, 3.05) is 19.8 Å². The molecule has 0 radical (unpaired) electrons. The van der Waals surface area contributed by atoms with Crippen LogP contribution in [-0.2, 0) is 9.53 Å². The molecule has 64 valence electrons. The Labute approximate surface area is 63.2 Å². The van der Waals surface area contributed by atoms with Gasteiger partial charge in [-0.2, -0.15) is 0 Å². The molecule has 5 heteroatoms. The van der Waals surface area contributed by atoms with E-state index >= 15 is 0 Å². The van der Waals surface area contributed by atoms with E-state index < -0.39 is 30.7 Å². The number of hydrogen-bond acceptors (Lipinski definition) is 5. The van der Waals surface area contributed by atoms with Gasteiger partial charge >= 0.3 is 5.97 Å². The molecule has 1 saturated heterocycles. The van der Waals surface area contributed by atoms with Gasteiger partial charge in [-0.05, 0) is 0 Å². The average Bonchev–Trinajstić information content (AvgIpc) is 2.32. The van der Waals surface area contributed by atoms with E-state index in [1.807, 2.05) is 0 Å². The second-order valence-electron chi connectivity index (χ2n) is 2.69. The predicted molar refractivity (Wildman–Crippen MR) is 33.6 cm³/mol. The Bertz CT molecular complexity index is 162. The van der Waals surface area contributed by atoms with Crippen molar-refractivity contribution in [1.82, 2.24) is 0 Å². The van der Waals surface area contributed by atoms with Gasteiger partial charge in [0.2, 0.25) is 0 Å². The first-order valence-electron chi connectivity index (χ1n) is 3.23. The standard InChI is InChI=1S/C6H10O5/c7-1-6(2-8)3-11-5(10)4(6)9/h4,7-9H,1-3H2. The van der Waals surface area contributed by atoms with E-state index in [0.717, 1.165) is 0 Å². The van der Waals surface area contributed by atoms with Crippen LogP contribution in [0.3, 0.4) is 0 Å². The molecule has 1 aliphatic heterocycles. The topological polar surface area (TPSA) is 87.0 Å². The van der Waals surface area contributed by atoms with Gasteiger partial charge in [0.05, 0.1) is 18.6 Å². The summed E-state index contributed by atoms with van der Waals surface area (Å²) in [6, 6.07) is 0. The molecule has 0 aromatic heterocycles. The van der Waals surface area contributed by atoms with Crippen LogP contribution in [0.2, 0.25) is 0 Å². The average molecular weight is 162 g/mol. The Morgan fingerprint density at radius 3 is 2.27 bits per heavy atom. The van der Waals surface area contributed by atoms with E-state index in [1.165, 1.54) is 0 Å². The number of aliphatic hydroxyl groups is 3. The summed E-state index contributed by atoms with van der Waals surface area (Å²) in [7, 11) is 0. The van der Waals surface area contributed by atoms with Gasteiger partial charge in [0.25, 0.3) is 0 Å². The Morgan fingerprint density at radius 2 is 2.09 bits per heavy atom. The molecule has 1 heterocycles. The monoisotopic (exact) mass is 162 g/mol. The van der Waals surface area contributed by atoms with E-state index in [9.17, 15) is 4.79 Å². The first kappa shape index (κ1) is 8.45. The van der Waals surface area contributed by atoms with Crippen molar-refractivity contribution in [3.8, 4) is 0 Å². The van der Waals surface area contributed by atoms with Crippen molar-refractivity contribution in [2.24, 2.45) is 5.41 Å². The van der Waals surface area contributed by atoms with E-state index in [0.29, 0.717) is 0 Å². The lowest BCUT2D eigenvalue weighted by atomic mass is 9.87. The van der Waals surface area contributed by atoms with Crippen LogP contribution in [0.5, 0.6) is 0 Å². The molecule has 1 rings (SSSR count). The van der Waals surface area contributed by atoms with Crippen LogP contribution < -0.4 is 0 Å². The molecule has 5 nitrogen and oxygen atoms in total. The molecule has 0 amide bonds. The summed E-state index contributed by atoms with van der Waals surface area (Å²) in [6.45, 7) is -1.05. The van der Waals surface area contributed by atoms with Crippen LogP contribution >= 0.6 is 0 Å². The zero-order valence-electron chi connectivity index (χ0n) is 5.86. The van der Waals surface area contributed by atoms with Gasteiger partial charge in [0.1, 0.15) is 6.61 Å². The van der Waals surface area contributed by atoms with Crippen molar-refractivity contribution in [3.05, 3.63) is 0 Å². The Morgan fingerprint density at radius 1 is 1.55 bits per heavy atom. The third-order valence-electron chi connectivity index (χ3n) is 1.93. The Kier molecular flexibility index (Phi) is 2.12. The highest BCUT2D eigenvalue weighted by Gasteiger charge is 2.49. The molecule has 1 aliphatic rings. The van der Waals surface area contributed by atoms with Gasteiger partial charge in [-0.25, -0.2) is 4.79 Å². The van der Waals surface area contributed by atoms with Crippen molar-refractivity contribution in [1.29, 1.82) is 0 Å². The molecule has 0 spiro atoms. The molecular formula is C6H10O5. The Balaban J connectivity index is 2.77. The lowest BCUT2D eigenvalue weighted by Gasteiger charge is -2.22. The van der Waals surface area contributed by atoms with E-state index in [4.69, 9.17) is 15.3 Å². The molecule has 0 aromatic carbocycles. The first-order valence-corrected chi connectivity index (χ1v) is 3.23. The summed E-state index contributed by atoms with van der Waals surface area (Å²) in [5, 5.41) is 26.6. The number of esters is 1. The normalized spacial score (nSPS) is 28.6. The predicted octanol–water partition coefficient (Wildman–Crippen LogP) is -2.12. The van der Waals surface area contributed by atoms with E-state index in [1.54, 1.807) is 0 Å². The molecule has 0 bridgehead atoms. The lowest BCUT2D eigenvalue weighted by Crippen LogP contribution is -2.42. The molecule has 11 heavy (non-hydrogen) atoms. The minimum atomic E-state index is -1.41. The number of ether oxygens (including phenoxy) is 1. The van der Waals surface area contributed by atoms with Crippen LogP contribution in [0, 0.1) is 5.41 Å². The fourth-order valence-electron chi connectivity index (χ4n) is 0.937. The second-order valence-corrected chi connectivity index (χ2v) is 2.69. The number of carbonyl (C=O) groups excluding carboxylic acids is 1. The third kappa shape index (κ3) is 1.11. The summed E-state index contributed by atoms with van der Waals surface area (Å²) in [5.41, 5.74) is -1.20. The van der Waals surface area contributed by atoms with Crippen molar-refractivity contribution >= 4 is 5.97 Å². The Hall–Kier alpha value is -0.650. The number of hydrogen-bond donors (Lipinski definition) is 3. The summed E-state index contributed by atoms with van der Waals surface area (Å²) >= 11 is 0. The fourth-order valence-corrected chi connectivity index (χ4v) is 0.937. The smallest absolute Gasteiger partial charge is 0.335 e. The fraction of sp³-hybridized carbons (Fsp3) is 0.833.